The molecule has 1 atom stereocenters. The minimum Gasteiger partial charge on any atom is -0.490 e. The van der Waals surface area contributed by atoms with E-state index in [0.29, 0.717) is 18.2 Å². The second-order valence-electron chi connectivity index (χ2n) is 7.84. The Kier molecular flexibility index (Phi) is 4.49. The van der Waals surface area contributed by atoms with Crippen molar-refractivity contribution in [3.63, 3.8) is 0 Å². The summed E-state index contributed by atoms with van der Waals surface area (Å²) in [5.41, 5.74) is 0.798. The molecule has 5 rings (SSSR count). The Morgan fingerprint density at radius 2 is 2.07 bits per heavy atom. The molecule has 8 heteroatoms. The third-order valence-electron chi connectivity index (χ3n) is 5.98. The number of aromatic nitrogens is 2. The number of rotatable bonds is 5. The average Bonchev–Trinajstić information content (AvgIpc) is 3.19. The highest BCUT2D eigenvalue weighted by atomic mass is 19.1. The highest BCUT2D eigenvalue weighted by Crippen LogP contribution is 2.39. The van der Waals surface area contributed by atoms with E-state index >= 15 is 0 Å². The number of hydrogen-bond acceptors (Lipinski definition) is 6. The average molecular weight is 397 g/mol. The van der Waals surface area contributed by atoms with Crippen molar-refractivity contribution in [2.75, 3.05) is 28.2 Å². The molecule has 1 N–H and O–H groups in total. The van der Waals surface area contributed by atoms with Gasteiger partial charge in [0.15, 0.2) is 5.82 Å². The van der Waals surface area contributed by atoms with Crippen LogP contribution in [-0.2, 0) is 4.79 Å². The molecule has 2 aromatic rings. The van der Waals surface area contributed by atoms with Crippen LogP contribution in [0, 0.1) is 5.82 Å². The molecule has 0 bridgehead atoms. The van der Waals surface area contributed by atoms with Crippen LogP contribution in [0.5, 0.6) is 5.75 Å². The van der Waals surface area contributed by atoms with Crippen LogP contribution in [0.25, 0.3) is 0 Å². The summed E-state index contributed by atoms with van der Waals surface area (Å²) in [6, 6.07) is 6.25. The lowest BCUT2D eigenvalue weighted by Gasteiger charge is -2.39. The van der Waals surface area contributed by atoms with Gasteiger partial charge in [-0.05, 0) is 44.0 Å². The molecule has 2 aliphatic heterocycles. The van der Waals surface area contributed by atoms with Crippen LogP contribution in [0.15, 0.2) is 30.5 Å². The van der Waals surface area contributed by atoms with E-state index in [1.54, 1.807) is 23.2 Å². The minimum atomic E-state index is -0.265. The molecule has 1 saturated heterocycles. The Balaban J connectivity index is 1.25. The summed E-state index contributed by atoms with van der Waals surface area (Å²) in [5, 5.41) is 3.38. The van der Waals surface area contributed by atoms with E-state index in [-0.39, 0.29) is 29.9 Å². The standard InChI is InChI=1S/C21H24FN5O2/c1-2-26-18-12-23-21(25-19(18)27-9-3-4-17(27)20(26)28)24-14-10-16(11-14)29-15-7-5-13(22)6-8-15/h5-8,12,14,16-17H,2-4,9-11H2,1H3,(H,23,24,25)/t14-,16-,17-/m1/s1. The number of amides is 1. The molecule has 1 aliphatic carbocycles. The fraction of sp³-hybridized carbons (Fsp3) is 0.476. The predicted molar refractivity (Wildman–Crippen MR) is 108 cm³/mol. The first-order valence-corrected chi connectivity index (χ1v) is 10.3. The van der Waals surface area contributed by atoms with Gasteiger partial charge in [-0.2, -0.15) is 4.98 Å². The highest BCUT2D eigenvalue weighted by molar-refractivity contribution is 6.05. The molecule has 3 aliphatic rings. The first-order chi connectivity index (χ1) is 14.1. The summed E-state index contributed by atoms with van der Waals surface area (Å²) in [6.07, 6.45) is 5.42. The van der Waals surface area contributed by atoms with E-state index in [0.717, 1.165) is 43.7 Å². The van der Waals surface area contributed by atoms with Crippen LogP contribution >= 0.6 is 0 Å². The SMILES string of the molecule is CCN1C(=O)[C@H]2CCCN2c2nc(N[C@H]3C[C@H](Oc4ccc(F)cc4)C3)ncc21. The Morgan fingerprint density at radius 3 is 2.83 bits per heavy atom. The number of nitrogens with zero attached hydrogens (tertiary/aromatic N) is 4. The van der Waals surface area contributed by atoms with E-state index in [9.17, 15) is 9.18 Å². The van der Waals surface area contributed by atoms with Crippen molar-refractivity contribution >= 4 is 23.4 Å². The summed E-state index contributed by atoms with van der Waals surface area (Å²) in [7, 11) is 0. The molecule has 0 radical (unpaired) electrons. The number of ether oxygens (including phenoxy) is 1. The third kappa shape index (κ3) is 3.26. The quantitative estimate of drug-likeness (QED) is 0.837. The third-order valence-corrected chi connectivity index (χ3v) is 5.98. The van der Waals surface area contributed by atoms with Crippen molar-refractivity contribution in [3.05, 3.63) is 36.3 Å². The Labute approximate surface area is 168 Å². The smallest absolute Gasteiger partial charge is 0.249 e. The van der Waals surface area contributed by atoms with E-state index < -0.39 is 0 Å². The number of carbonyl (C=O) groups is 1. The molecule has 2 fully saturated rings. The van der Waals surface area contributed by atoms with Gasteiger partial charge in [-0.3, -0.25) is 4.79 Å². The number of nitrogens with one attached hydrogen (secondary N) is 1. The minimum absolute atomic E-state index is 0.0950. The second kappa shape index (κ2) is 7.17. The molecule has 0 spiro atoms. The van der Waals surface area contributed by atoms with Gasteiger partial charge in [-0.15, -0.1) is 0 Å². The van der Waals surface area contributed by atoms with Crippen LogP contribution in [0.3, 0.4) is 0 Å². The van der Waals surface area contributed by atoms with Gasteiger partial charge in [0.1, 0.15) is 29.4 Å². The molecule has 0 unspecified atom stereocenters. The van der Waals surface area contributed by atoms with E-state index in [4.69, 9.17) is 9.72 Å². The van der Waals surface area contributed by atoms with Crippen molar-refractivity contribution in [2.24, 2.45) is 0 Å². The summed E-state index contributed by atoms with van der Waals surface area (Å²) in [5.74, 6) is 2.01. The molecule has 1 amide bonds. The number of fused-ring (bicyclic) bond motifs is 3. The molecule has 1 aromatic heterocycles. The normalized spacial score (nSPS) is 25.3. The van der Waals surface area contributed by atoms with Crippen molar-refractivity contribution in [1.29, 1.82) is 0 Å². The zero-order valence-corrected chi connectivity index (χ0v) is 16.3. The zero-order chi connectivity index (χ0) is 20.0. The number of benzene rings is 1. The molecular formula is C21H24FN5O2. The lowest BCUT2D eigenvalue weighted by molar-refractivity contribution is -0.119. The van der Waals surface area contributed by atoms with Gasteiger partial charge in [0.2, 0.25) is 11.9 Å². The number of halogens is 1. The second-order valence-corrected chi connectivity index (χ2v) is 7.84. The van der Waals surface area contributed by atoms with Crippen LogP contribution in [0.2, 0.25) is 0 Å². The number of anilines is 3. The Bertz CT molecular complexity index is 916. The largest absolute Gasteiger partial charge is 0.490 e. The molecule has 152 valence electrons. The van der Waals surface area contributed by atoms with Crippen molar-refractivity contribution < 1.29 is 13.9 Å². The summed E-state index contributed by atoms with van der Waals surface area (Å²) in [6.45, 7) is 3.46. The van der Waals surface area contributed by atoms with Gasteiger partial charge in [-0.1, -0.05) is 0 Å². The van der Waals surface area contributed by atoms with Gasteiger partial charge in [0, 0.05) is 32.0 Å². The first-order valence-electron chi connectivity index (χ1n) is 10.3. The van der Waals surface area contributed by atoms with Gasteiger partial charge >= 0.3 is 0 Å². The molecule has 7 nitrogen and oxygen atoms in total. The van der Waals surface area contributed by atoms with Gasteiger partial charge in [-0.25, -0.2) is 9.37 Å². The fourth-order valence-electron chi connectivity index (χ4n) is 4.41. The predicted octanol–water partition coefficient (Wildman–Crippen LogP) is 2.97. The van der Waals surface area contributed by atoms with Gasteiger partial charge in [0.25, 0.3) is 0 Å². The van der Waals surface area contributed by atoms with Crippen LogP contribution in [-0.4, -0.2) is 47.2 Å². The number of likely N-dealkylation sites (N-methyl/N-ethyl adjacent to an activating group) is 1. The van der Waals surface area contributed by atoms with Crippen molar-refractivity contribution in [2.45, 2.75) is 50.8 Å². The van der Waals surface area contributed by atoms with Crippen LogP contribution in [0.4, 0.5) is 21.8 Å². The number of hydrogen-bond donors (Lipinski definition) is 1. The van der Waals surface area contributed by atoms with Crippen molar-refractivity contribution in [1.82, 2.24) is 9.97 Å². The summed E-state index contributed by atoms with van der Waals surface area (Å²) in [4.78, 5) is 25.8. The Morgan fingerprint density at radius 1 is 1.28 bits per heavy atom. The van der Waals surface area contributed by atoms with Crippen LogP contribution < -0.4 is 19.9 Å². The maximum absolute atomic E-state index is 13.0. The maximum Gasteiger partial charge on any atom is 0.249 e. The zero-order valence-electron chi connectivity index (χ0n) is 16.3. The first kappa shape index (κ1) is 18.1. The van der Waals surface area contributed by atoms with E-state index in [1.165, 1.54) is 12.1 Å². The Hall–Kier alpha value is -2.90. The summed E-state index contributed by atoms with van der Waals surface area (Å²) < 4.78 is 18.9. The van der Waals surface area contributed by atoms with Crippen molar-refractivity contribution in [3.8, 4) is 5.75 Å². The maximum atomic E-state index is 13.0. The summed E-state index contributed by atoms with van der Waals surface area (Å²) >= 11 is 0. The monoisotopic (exact) mass is 397 g/mol. The highest BCUT2D eigenvalue weighted by Gasteiger charge is 2.41. The molecule has 1 saturated carbocycles. The lowest BCUT2D eigenvalue weighted by Crippen LogP contribution is -2.51. The molecule has 3 heterocycles. The topological polar surface area (TPSA) is 70.6 Å². The fourth-order valence-corrected chi connectivity index (χ4v) is 4.41. The lowest BCUT2D eigenvalue weighted by atomic mass is 9.89. The van der Waals surface area contributed by atoms with Gasteiger partial charge in [0.05, 0.1) is 6.20 Å². The van der Waals surface area contributed by atoms with E-state index in [2.05, 4.69) is 15.2 Å². The van der Waals surface area contributed by atoms with Crippen LogP contribution in [0.1, 0.15) is 32.6 Å². The molecule has 1 aromatic carbocycles. The molecular weight excluding hydrogens is 373 g/mol. The van der Waals surface area contributed by atoms with Gasteiger partial charge < -0.3 is 19.9 Å². The van der Waals surface area contributed by atoms with E-state index in [1.807, 2.05) is 6.92 Å². The number of carbonyl (C=O) groups excluding carboxylic acids is 1. The molecule has 29 heavy (non-hydrogen) atoms.